The standard InChI is InChI=1S/C21H22FN3O/c1-15-21(16-6-2-4-8-18(16)23-15)20(26)14-24-10-12-25(13-11-24)19-9-5-3-7-17(19)22/h2-9,23H,10-14H2,1H3/p+1. The van der Waals surface area contributed by atoms with Gasteiger partial charge in [0.05, 0.1) is 37.4 Å². The van der Waals surface area contributed by atoms with Crippen LogP contribution in [0.2, 0.25) is 0 Å². The number of nitrogens with zero attached hydrogens (tertiary/aromatic N) is 1. The number of H-pyrrole nitrogens is 1. The van der Waals surface area contributed by atoms with E-state index < -0.39 is 0 Å². The molecule has 5 heteroatoms. The fourth-order valence-corrected chi connectivity index (χ4v) is 3.90. The third kappa shape index (κ3) is 3.10. The Bertz CT molecular complexity index is 941. The Hall–Kier alpha value is -2.66. The molecule has 2 heterocycles. The molecule has 2 aromatic carbocycles. The number of aryl methyl sites for hydroxylation is 1. The van der Waals surface area contributed by atoms with Crippen LogP contribution in [0.5, 0.6) is 0 Å². The molecule has 2 N–H and O–H groups in total. The number of carbonyl (C=O) groups is 1. The first kappa shape index (κ1) is 16.8. The van der Waals surface area contributed by atoms with E-state index in [1.807, 2.05) is 43.3 Å². The van der Waals surface area contributed by atoms with E-state index in [1.165, 1.54) is 11.0 Å². The van der Waals surface area contributed by atoms with Crippen molar-refractivity contribution in [2.75, 3.05) is 37.6 Å². The van der Waals surface area contributed by atoms with Gasteiger partial charge in [-0.15, -0.1) is 0 Å². The van der Waals surface area contributed by atoms with Gasteiger partial charge < -0.3 is 14.8 Å². The van der Waals surface area contributed by atoms with Crippen LogP contribution in [0.3, 0.4) is 0 Å². The van der Waals surface area contributed by atoms with Crippen LogP contribution in [0.4, 0.5) is 10.1 Å². The van der Waals surface area contributed by atoms with E-state index in [9.17, 15) is 9.18 Å². The van der Waals surface area contributed by atoms with Gasteiger partial charge in [0, 0.05) is 16.6 Å². The van der Waals surface area contributed by atoms with Crippen molar-refractivity contribution in [1.82, 2.24) is 4.98 Å². The van der Waals surface area contributed by atoms with Crippen LogP contribution < -0.4 is 9.80 Å². The molecular weight excluding hydrogens is 329 g/mol. The molecule has 1 saturated heterocycles. The zero-order valence-corrected chi connectivity index (χ0v) is 14.9. The maximum atomic E-state index is 14.0. The van der Waals surface area contributed by atoms with E-state index in [4.69, 9.17) is 0 Å². The monoisotopic (exact) mass is 352 g/mol. The minimum Gasteiger partial charge on any atom is -0.358 e. The van der Waals surface area contributed by atoms with E-state index in [-0.39, 0.29) is 11.6 Å². The molecule has 0 spiro atoms. The van der Waals surface area contributed by atoms with Crippen LogP contribution in [0.1, 0.15) is 16.1 Å². The lowest BCUT2D eigenvalue weighted by molar-refractivity contribution is -0.892. The number of nitrogens with one attached hydrogen (secondary N) is 2. The van der Waals surface area contributed by atoms with Gasteiger partial charge >= 0.3 is 0 Å². The lowest BCUT2D eigenvalue weighted by Crippen LogP contribution is -3.15. The lowest BCUT2D eigenvalue weighted by Gasteiger charge is -2.33. The first-order valence-electron chi connectivity index (χ1n) is 9.07. The Morgan fingerprint density at radius 2 is 1.81 bits per heavy atom. The summed E-state index contributed by atoms with van der Waals surface area (Å²) in [5.74, 6) is -0.00395. The zero-order chi connectivity index (χ0) is 18.1. The highest BCUT2D eigenvalue weighted by atomic mass is 19.1. The van der Waals surface area contributed by atoms with Crippen molar-refractivity contribution < 1.29 is 14.1 Å². The fourth-order valence-electron chi connectivity index (χ4n) is 3.90. The van der Waals surface area contributed by atoms with Gasteiger partial charge in [-0.3, -0.25) is 4.79 Å². The molecule has 1 fully saturated rings. The van der Waals surface area contributed by atoms with Gasteiger partial charge in [0.2, 0.25) is 5.78 Å². The molecule has 3 aromatic rings. The molecule has 26 heavy (non-hydrogen) atoms. The molecular formula is C21H23FN3O+. The third-order valence-electron chi connectivity index (χ3n) is 5.25. The molecule has 0 unspecified atom stereocenters. The second-order valence-corrected chi connectivity index (χ2v) is 6.96. The lowest BCUT2D eigenvalue weighted by atomic mass is 10.1. The predicted molar refractivity (Wildman–Crippen MR) is 102 cm³/mol. The summed E-state index contributed by atoms with van der Waals surface area (Å²) in [6, 6.07) is 14.8. The van der Waals surface area contributed by atoms with Crippen molar-refractivity contribution in [1.29, 1.82) is 0 Å². The number of quaternary nitrogens is 1. The Balaban J connectivity index is 1.43. The second-order valence-electron chi connectivity index (χ2n) is 6.96. The van der Waals surface area contributed by atoms with E-state index >= 15 is 0 Å². The molecule has 0 atom stereocenters. The highest BCUT2D eigenvalue weighted by Gasteiger charge is 2.26. The van der Waals surface area contributed by atoms with Crippen molar-refractivity contribution in [3.05, 3.63) is 65.6 Å². The van der Waals surface area contributed by atoms with Crippen LogP contribution >= 0.6 is 0 Å². The number of hydrogen-bond donors (Lipinski definition) is 2. The maximum absolute atomic E-state index is 14.0. The van der Waals surface area contributed by atoms with Crippen molar-refractivity contribution in [3.8, 4) is 0 Å². The number of fused-ring (bicyclic) bond motifs is 1. The number of anilines is 1. The van der Waals surface area contributed by atoms with Crippen LogP contribution in [0.15, 0.2) is 48.5 Å². The summed E-state index contributed by atoms with van der Waals surface area (Å²) < 4.78 is 14.0. The predicted octanol–water partition coefficient (Wildman–Crippen LogP) is 2.20. The smallest absolute Gasteiger partial charge is 0.219 e. The van der Waals surface area contributed by atoms with Gasteiger partial charge in [0.1, 0.15) is 12.4 Å². The van der Waals surface area contributed by atoms with Gasteiger partial charge in [-0.1, -0.05) is 30.3 Å². The largest absolute Gasteiger partial charge is 0.358 e. The van der Waals surface area contributed by atoms with Crippen molar-refractivity contribution in [2.24, 2.45) is 0 Å². The summed E-state index contributed by atoms with van der Waals surface area (Å²) in [4.78, 5) is 19.5. The van der Waals surface area contributed by atoms with Gasteiger partial charge in [0.25, 0.3) is 0 Å². The van der Waals surface area contributed by atoms with Crippen LogP contribution in [0, 0.1) is 12.7 Å². The first-order valence-corrected chi connectivity index (χ1v) is 9.07. The number of aromatic amines is 1. The van der Waals surface area contributed by atoms with Gasteiger partial charge in [0.15, 0.2) is 0 Å². The number of benzene rings is 2. The molecule has 0 amide bonds. The quantitative estimate of drug-likeness (QED) is 0.707. The Kier molecular flexibility index (Phi) is 4.47. The SMILES string of the molecule is Cc1[nH]c2ccccc2c1C(=O)C[NH+]1CCN(c2ccccc2F)CC1. The van der Waals surface area contributed by atoms with Gasteiger partial charge in [-0.25, -0.2) is 4.39 Å². The molecule has 0 bridgehead atoms. The van der Waals surface area contributed by atoms with Crippen LogP contribution in [-0.2, 0) is 0 Å². The van der Waals surface area contributed by atoms with Gasteiger partial charge in [-0.2, -0.15) is 0 Å². The number of piperazine rings is 1. The number of rotatable bonds is 4. The van der Waals surface area contributed by atoms with E-state index in [1.54, 1.807) is 6.07 Å². The number of hydrogen-bond acceptors (Lipinski definition) is 2. The molecule has 1 aliphatic rings. The molecule has 134 valence electrons. The summed E-state index contributed by atoms with van der Waals surface area (Å²) in [5, 5.41) is 0.999. The summed E-state index contributed by atoms with van der Waals surface area (Å²) in [6.07, 6.45) is 0. The number of carbonyl (C=O) groups excluding carboxylic acids is 1. The Morgan fingerprint density at radius 3 is 2.58 bits per heavy atom. The zero-order valence-electron chi connectivity index (χ0n) is 14.9. The minimum absolute atomic E-state index is 0.175. The second kappa shape index (κ2) is 6.92. The molecule has 4 nitrogen and oxygen atoms in total. The minimum atomic E-state index is -0.179. The number of ketones is 1. The summed E-state index contributed by atoms with van der Waals surface area (Å²) in [5.41, 5.74) is 3.41. The van der Waals surface area contributed by atoms with Crippen molar-refractivity contribution in [2.45, 2.75) is 6.92 Å². The van der Waals surface area contributed by atoms with Crippen LogP contribution in [-0.4, -0.2) is 43.5 Å². The van der Waals surface area contributed by atoms with Crippen molar-refractivity contribution >= 4 is 22.4 Å². The van der Waals surface area contributed by atoms with Crippen LogP contribution in [0.25, 0.3) is 10.9 Å². The molecule has 0 saturated carbocycles. The highest BCUT2D eigenvalue weighted by molar-refractivity contribution is 6.09. The molecule has 0 aliphatic carbocycles. The number of aromatic nitrogens is 1. The molecule has 4 rings (SSSR count). The first-order chi connectivity index (χ1) is 12.6. The fraction of sp³-hybridized carbons (Fsp3) is 0.286. The molecule has 1 aliphatic heterocycles. The van der Waals surface area contributed by atoms with E-state index in [0.717, 1.165) is 48.3 Å². The normalized spacial score (nSPS) is 15.5. The van der Waals surface area contributed by atoms with Crippen molar-refractivity contribution in [3.63, 3.8) is 0 Å². The van der Waals surface area contributed by atoms with E-state index in [2.05, 4.69) is 9.88 Å². The average Bonchev–Trinajstić information content (AvgIpc) is 2.99. The summed E-state index contributed by atoms with van der Waals surface area (Å²) in [7, 11) is 0. The molecule has 0 radical (unpaired) electrons. The maximum Gasteiger partial charge on any atom is 0.219 e. The average molecular weight is 352 g/mol. The Morgan fingerprint density at radius 1 is 1.12 bits per heavy atom. The number of halogens is 1. The summed E-state index contributed by atoms with van der Waals surface area (Å²) >= 11 is 0. The number of para-hydroxylation sites is 2. The summed E-state index contributed by atoms with van der Waals surface area (Å²) in [6.45, 7) is 5.63. The highest BCUT2D eigenvalue weighted by Crippen LogP contribution is 2.22. The topological polar surface area (TPSA) is 40.5 Å². The Labute approximate surface area is 152 Å². The number of Topliss-reactive ketones (excluding diaryl/α,β-unsaturated/α-hetero) is 1. The van der Waals surface area contributed by atoms with E-state index in [0.29, 0.717) is 12.2 Å². The van der Waals surface area contributed by atoms with Gasteiger partial charge in [-0.05, 0) is 25.1 Å². The third-order valence-corrected chi connectivity index (χ3v) is 5.25. The molecule has 1 aromatic heterocycles.